The molecule has 0 saturated carbocycles. The second kappa shape index (κ2) is 5.77. The number of aromatic amines is 1. The molecule has 1 heterocycles. The lowest BCUT2D eigenvalue weighted by atomic mass is 10.1. The maximum Gasteiger partial charge on any atom is 0.216 e. The minimum absolute atomic E-state index is 0.341. The summed E-state index contributed by atoms with van der Waals surface area (Å²) in [6.07, 6.45) is 0. The molecule has 6 heteroatoms. The molecule has 1 aromatic carbocycles. The van der Waals surface area contributed by atoms with Crippen molar-refractivity contribution in [3.8, 4) is 5.75 Å². The second-order valence-electron chi connectivity index (χ2n) is 3.97. The summed E-state index contributed by atoms with van der Waals surface area (Å²) in [6.45, 7) is 4.71. The molecule has 2 rings (SSSR count). The fourth-order valence-corrected chi connectivity index (χ4v) is 2.09. The number of aromatic nitrogens is 3. The Morgan fingerprint density at radius 2 is 2.22 bits per heavy atom. The molecule has 3 N–H and O–H groups in total. The van der Waals surface area contributed by atoms with Crippen LogP contribution >= 0.6 is 11.8 Å². The first kappa shape index (κ1) is 12.8. The van der Waals surface area contributed by atoms with Crippen LogP contribution in [0.5, 0.6) is 5.75 Å². The van der Waals surface area contributed by atoms with Gasteiger partial charge in [0.25, 0.3) is 0 Å². The maximum atomic E-state index is 5.73. The lowest BCUT2D eigenvalue weighted by Crippen LogP contribution is -2.02. The zero-order chi connectivity index (χ0) is 13.0. The van der Waals surface area contributed by atoms with E-state index >= 15 is 0 Å². The van der Waals surface area contributed by atoms with E-state index in [0.29, 0.717) is 17.7 Å². The summed E-state index contributed by atoms with van der Waals surface area (Å²) in [7, 11) is 0. The molecule has 5 nitrogen and oxygen atoms in total. The minimum atomic E-state index is 0.341. The molecule has 0 aliphatic rings. The number of ether oxygens (including phenoxy) is 1. The molecule has 2 aromatic rings. The summed E-state index contributed by atoms with van der Waals surface area (Å²) < 4.78 is 5.73. The highest BCUT2D eigenvalue weighted by atomic mass is 32.2. The van der Waals surface area contributed by atoms with Crippen molar-refractivity contribution in [2.24, 2.45) is 0 Å². The Bertz CT molecular complexity index is 527. The van der Waals surface area contributed by atoms with E-state index in [-0.39, 0.29) is 0 Å². The van der Waals surface area contributed by atoms with Crippen molar-refractivity contribution >= 4 is 17.7 Å². The van der Waals surface area contributed by atoms with Crippen molar-refractivity contribution in [1.82, 2.24) is 15.2 Å². The van der Waals surface area contributed by atoms with Crippen molar-refractivity contribution in [2.45, 2.75) is 19.0 Å². The van der Waals surface area contributed by atoms with Gasteiger partial charge in [-0.2, -0.15) is 4.98 Å². The molecule has 0 unspecified atom stereocenters. The van der Waals surface area contributed by atoms with Gasteiger partial charge < -0.3 is 10.5 Å². The fourth-order valence-electron chi connectivity index (χ4n) is 1.47. The smallest absolute Gasteiger partial charge is 0.216 e. The van der Waals surface area contributed by atoms with Crippen molar-refractivity contribution in [1.29, 1.82) is 0 Å². The predicted molar refractivity (Wildman–Crippen MR) is 72.9 cm³/mol. The third-order valence-electron chi connectivity index (χ3n) is 2.40. The average Bonchev–Trinajstić information content (AvgIpc) is 2.75. The Morgan fingerprint density at radius 1 is 1.39 bits per heavy atom. The highest BCUT2D eigenvalue weighted by Crippen LogP contribution is 2.20. The lowest BCUT2D eigenvalue weighted by Gasteiger charge is -2.09. The molecule has 0 aliphatic carbocycles. The normalized spacial score (nSPS) is 10.6. The molecule has 0 aliphatic heterocycles. The van der Waals surface area contributed by atoms with E-state index in [1.54, 1.807) is 0 Å². The third kappa shape index (κ3) is 3.40. The number of nitrogen functional groups attached to an aromatic ring is 1. The fraction of sp³-hybridized carbons (Fsp3) is 0.333. The van der Waals surface area contributed by atoms with E-state index in [4.69, 9.17) is 10.5 Å². The Balaban J connectivity index is 1.80. The van der Waals surface area contributed by atoms with Gasteiger partial charge >= 0.3 is 0 Å². The van der Waals surface area contributed by atoms with Gasteiger partial charge in [-0.3, -0.25) is 0 Å². The number of aryl methyl sites for hydroxylation is 2. The SMILES string of the molecule is Cc1ccc(C)c(OCCSc2n[nH]c(N)n2)c1. The number of benzene rings is 1. The van der Waals surface area contributed by atoms with E-state index in [1.165, 1.54) is 17.3 Å². The Morgan fingerprint density at radius 3 is 2.94 bits per heavy atom. The number of hydrogen-bond donors (Lipinski definition) is 2. The van der Waals surface area contributed by atoms with E-state index in [9.17, 15) is 0 Å². The van der Waals surface area contributed by atoms with E-state index in [2.05, 4.69) is 34.2 Å². The molecule has 96 valence electrons. The van der Waals surface area contributed by atoms with Crippen LogP contribution in [0.2, 0.25) is 0 Å². The standard InChI is InChI=1S/C12H16N4OS/c1-8-3-4-9(2)10(7-8)17-5-6-18-12-14-11(13)15-16-12/h3-4,7H,5-6H2,1-2H3,(H3,13,14,15,16). The van der Waals surface area contributed by atoms with Crippen LogP contribution in [0.3, 0.4) is 0 Å². The number of nitrogens with two attached hydrogens (primary N) is 1. The van der Waals surface area contributed by atoms with Crippen LogP contribution in [0.1, 0.15) is 11.1 Å². The number of nitrogens with zero attached hydrogens (tertiary/aromatic N) is 2. The Labute approximate surface area is 110 Å². The van der Waals surface area contributed by atoms with Crippen molar-refractivity contribution in [2.75, 3.05) is 18.1 Å². The first-order chi connectivity index (χ1) is 8.65. The quantitative estimate of drug-likeness (QED) is 0.639. The highest BCUT2D eigenvalue weighted by Gasteiger charge is 2.02. The zero-order valence-corrected chi connectivity index (χ0v) is 11.3. The van der Waals surface area contributed by atoms with Crippen LogP contribution in [0, 0.1) is 13.8 Å². The molecular formula is C12H16N4OS. The molecule has 0 atom stereocenters. The number of H-pyrrole nitrogens is 1. The van der Waals surface area contributed by atoms with Gasteiger partial charge in [0.15, 0.2) is 0 Å². The molecule has 1 aromatic heterocycles. The number of rotatable bonds is 5. The van der Waals surface area contributed by atoms with Gasteiger partial charge in [-0.1, -0.05) is 23.9 Å². The third-order valence-corrected chi connectivity index (χ3v) is 3.21. The molecular weight excluding hydrogens is 248 g/mol. The summed E-state index contributed by atoms with van der Waals surface area (Å²) in [6, 6.07) is 6.19. The number of anilines is 1. The van der Waals surface area contributed by atoms with Crippen LogP contribution in [-0.2, 0) is 0 Å². The predicted octanol–water partition coefficient (Wildman–Crippen LogP) is 2.17. The van der Waals surface area contributed by atoms with Crippen LogP contribution < -0.4 is 10.5 Å². The molecule has 0 saturated heterocycles. The van der Waals surface area contributed by atoms with Gasteiger partial charge in [0, 0.05) is 5.75 Å². The van der Waals surface area contributed by atoms with Crippen LogP contribution in [-0.4, -0.2) is 27.5 Å². The first-order valence-corrected chi connectivity index (χ1v) is 6.64. The first-order valence-electron chi connectivity index (χ1n) is 5.66. The monoisotopic (exact) mass is 264 g/mol. The maximum absolute atomic E-state index is 5.73. The second-order valence-corrected chi connectivity index (χ2v) is 5.03. The van der Waals surface area contributed by atoms with Crippen molar-refractivity contribution in [3.05, 3.63) is 29.3 Å². The molecule has 0 bridgehead atoms. The molecule has 18 heavy (non-hydrogen) atoms. The summed E-state index contributed by atoms with van der Waals surface area (Å²) >= 11 is 1.51. The summed E-state index contributed by atoms with van der Waals surface area (Å²) in [5.74, 6) is 2.06. The van der Waals surface area contributed by atoms with Gasteiger partial charge in [-0.15, -0.1) is 5.10 Å². The summed E-state index contributed by atoms with van der Waals surface area (Å²) in [5.41, 5.74) is 7.78. The molecule has 0 amide bonds. The number of thioether (sulfide) groups is 1. The number of hydrogen-bond acceptors (Lipinski definition) is 5. The van der Waals surface area contributed by atoms with Crippen LogP contribution in [0.4, 0.5) is 5.95 Å². The van der Waals surface area contributed by atoms with Gasteiger partial charge in [-0.25, -0.2) is 5.10 Å². The van der Waals surface area contributed by atoms with Crippen molar-refractivity contribution in [3.63, 3.8) is 0 Å². The highest BCUT2D eigenvalue weighted by molar-refractivity contribution is 7.99. The van der Waals surface area contributed by atoms with Gasteiger partial charge in [0.2, 0.25) is 11.1 Å². The van der Waals surface area contributed by atoms with Crippen LogP contribution in [0.25, 0.3) is 0 Å². The average molecular weight is 264 g/mol. The van der Waals surface area contributed by atoms with Gasteiger partial charge in [-0.05, 0) is 31.0 Å². The van der Waals surface area contributed by atoms with E-state index < -0.39 is 0 Å². The largest absolute Gasteiger partial charge is 0.492 e. The van der Waals surface area contributed by atoms with Gasteiger partial charge in [0.1, 0.15) is 5.75 Å². The Hall–Kier alpha value is -1.69. The van der Waals surface area contributed by atoms with E-state index in [1.807, 2.05) is 13.0 Å². The molecule has 0 radical (unpaired) electrons. The number of nitrogens with one attached hydrogen (secondary N) is 1. The van der Waals surface area contributed by atoms with Gasteiger partial charge in [0.05, 0.1) is 6.61 Å². The lowest BCUT2D eigenvalue weighted by molar-refractivity contribution is 0.341. The summed E-state index contributed by atoms with van der Waals surface area (Å²) in [4.78, 5) is 4.01. The van der Waals surface area contributed by atoms with E-state index in [0.717, 1.165) is 17.1 Å². The van der Waals surface area contributed by atoms with Crippen molar-refractivity contribution < 1.29 is 4.74 Å². The minimum Gasteiger partial charge on any atom is -0.492 e. The Kier molecular flexibility index (Phi) is 4.09. The topological polar surface area (TPSA) is 76.8 Å². The molecule has 0 fully saturated rings. The molecule has 0 spiro atoms. The van der Waals surface area contributed by atoms with Crippen LogP contribution in [0.15, 0.2) is 23.4 Å². The summed E-state index contributed by atoms with van der Waals surface area (Å²) in [5, 5.41) is 7.19. The zero-order valence-electron chi connectivity index (χ0n) is 10.4.